The van der Waals surface area contributed by atoms with E-state index in [0.717, 1.165) is 44.1 Å². The molecule has 4 amide bonds. The van der Waals surface area contributed by atoms with Crippen LogP contribution in [-0.2, 0) is 20.8 Å². The number of carbonyl (C=O) groups is 4. The number of likely N-dealkylation sites (tertiary alicyclic amines) is 1. The second-order valence-corrected chi connectivity index (χ2v) is 12.1. The molecule has 1 saturated heterocycles. The van der Waals surface area contributed by atoms with E-state index in [-0.39, 0.29) is 18.2 Å². The van der Waals surface area contributed by atoms with Crippen LogP contribution in [0.25, 0.3) is 0 Å². The first kappa shape index (κ1) is 32.7. The van der Waals surface area contributed by atoms with Crippen LogP contribution < -0.4 is 20.7 Å². The van der Waals surface area contributed by atoms with Crippen molar-refractivity contribution in [2.24, 2.45) is 0 Å². The summed E-state index contributed by atoms with van der Waals surface area (Å²) in [6.07, 6.45) is 5.01. The van der Waals surface area contributed by atoms with Gasteiger partial charge in [-0.2, -0.15) is 0 Å². The van der Waals surface area contributed by atoms with E-state index in [2.05, 4.69) is 28.1 Å². The third-order valence-corrected chi connectivity index (χ3v) is 8.76. The lowest BCUT2D eigenvalue weighted by molar-refractivity contribution is -0.137. The van der Waals surface area contributed by atoms with Crippen molar-refractivity contribution in [2.75, 3.05) is 26.2 Å². The molecular weight excluding hydrogens is 580 g/mol. The van der Waals surface area contributed by atoms with Crippen molar-refractivity contribution >= 4 is 23.6 Å². The molecule has 0 aliphatic carbocycles. The Morgan fingerprint density at radius 1 is 0.783 bits per heavy atom. The number of amides is 4. The van der Waals surface area contributed by atoms with Gasteiger partial charge in [-0.05, 0) is 54.9 Å². The molecule has 0 saturated carbocycles. The summed E-state index contributed by atoms with van der Waals surface area (Å²) in [6, 6.07) is 24.8. The zero-order valence-electron chi connectivity index (χ0n) is 26.3. The van der Waals surface area contributed by atoms with Gasteiger partial charge < -0.3 is 25.6 Å². The van der Waals surface area contributed by atoms with Gasteiger partial charge in [0.2, 0.25) is 17.7 Å². The molecule has 2 aliphatic rings. The Bertz CT molecular complexity index is 1460. The van der Waals surface area contributed by atoms with Gasteiger partial charge >= 0.3 is 0 Å². The van der Waals surface area contributed by atoms with Crippen molar-refractivity contribution < 1.29 is 23.9 Å². The molecule has 2 heterocycles. The fourth-order valence-corrected chi connectivity index (χ4v) is 6.19. The van der Waals surface area contributed by atoms with Crippen LogP contribution in [0.5, 0.6) is 5.75 Å². The van der Waals surface area contributed by atoms with E-state index in [9.17, 15) is 19.2 Å². The highest BCUT2D eigenvalue weighted by Crippen LogP contribution is 2.28. The Morgan fingerprint density at radius 2 is 1.46 bits per heavy atom. The number of nitrogens with one attached hydrogen (secondary N) is 3. The van der Waals surface area contributed by atoms with Crippen molar-refractivity contribution in [3.8, 4) is 5.75 Å². The predicted octanol–water partition coefficient (Wildman–Crippen LogP) is 4.38. The van der Waals surface area contributed by atoms with E-state index in [4.69, 9.17) is 4.74 Å². The maximum Gasteiger partial charge on any atom is 0.255 e. The van der Waals surface area contributed by atoms with Crippen LogP contribution in [0.15, 0.2) is 84.9 Å². The molecule has 0 radical (unpaired) electrons. The predicted molar refractivity (Wildman–Crippen MR) is 176 cm³/mol. The minimum atomic E-state index is -1.12. The standard InChI is InChI=1S/C37H44N4O5/c42-34-26-32(37(45)41-22-19-29(20-23-41)28-15-7-4-8-16-28)40-35(43)30-17-9-10-18-33(30)46-24-12-2-1-11-21-38-36(44)31(39-34)25-27-13-5-3-6-14-27/h3-10,13-18,29,31-32H,1-2,11-12,19-26H2,(H,38,44)(H,39,42)(H,40,43)/t31-,32-/m0/s1. The summed E-state index contributed by atoms with van der Waals surface area (Å²) in [5.74, 6) is -0.775. The fraction of sp³-hybridized carbons (Fsp3) is 0.405. The van der Waals surface area contributed by atoms with E-state index in [0.29, 0.717) is 49.9 Å². The summed E-state index contributed by atoms with van der Waals surface area (Å²) in [6.45, 7) is 1.98. The Kier molecular flexibility index (Phi) is 11.8. The molecule has 1 fully saturated rings. The maximum absolute atomic E-state index is 14.0. The van der Waals surface area contributed by atoms with Crippen LogP contribution in [0.1, 0.15) is 72.3 Å². The number of nitrogens with zero attached hydrogens (tertiary/aromatic N) is 1. The highest BCUT2D eigenvalue weighted by Gasteiger charge is 2.33. The van der Waals surface area contributed by atoms with Crippen molar-refractivity contribution in [1.82, 2.24) is 20.9 Å². The number of hydrogen-bond acceptors (Lipinski definition) is 5. The molecule has 0 spiro atoms. The van der Waals surface area contributed by atoms with Gasteiger partial charge in [-0.25, -0.2) is 0 Å². The molecule has 0 bridgehead atoms. The molecule has 46 heavy (non-hydrogen) atoms. The van der Waals surface area contributed by atoms with Crippen LogP contribution >= 0.6 is 0 Å². The highest BCUT2D eigenvalue weighted by molar-refractivity contribution is 6.01. The monoisotopic (exact) mass is 624 g/mol. The van der Waals surface area contributed by atoms with Gasteiger partial charge in [0.25, 0.3) is 5.91 Å². The summed E-state index contributed by atoms with van der Waals surface area (Å²) in [4.78, 5) is 56.2. The van der Waals surface area contributed by atoms with Crippen molar-refractivity contribution in [2.45, 2.75) is 69.4 Å². The van der Waals surface area contributed by atoms with E-state index < -0.39 is 23.9 Å². The summed E-state index contributed by atoms with van der Waals surface area (Å²) in [5, 5.41) is 8.70. The molecule has 0 unspecified atom stereocenters. The summed E-state index contributed by atoms with van der Waals surface area (Å²) in [5.41, 5.74) is 2.47. The summed E-state index contributed by atoms with van der Waals surface area (Å²) < 4.78 is 5.97. The molecule has 2 aliphatic heterocycles. The van der Waals surface area contributed by atoms with Gasteiger partial charge in [0, 0.05) is 26.1 Å². The molecule has 9 nitrogen and oxygen atoms in total. The quantitative estimate of drug-likeness (QED) is 0.399. The number of hydrogen-bond donors (Lipinski definition) is 3. The molecule has 3 aromatic carbocycles. The first-order valence-electron chi connectivity index (χ1n) is 16.5. The van der Waals surface area contributed by atoms with Crippen LogP contribution in [-0.4, -0.2) is 66.9 Å². The smallest absolute Gasteiger partial charge is 0.255 e. The Morgan fingerprint density at radius 3 is 2.22 bits per heavy atom. The molecule has 2 atom stereocenters. The lowest BCUT2D eigenvalue weighted by atomic mass is 9.89. The van der Waals surface area contributed by atoms with Crippen molar-refractivity contribution in [1.29, 1.82) is 0 Å². The fourth-order valence-electron chi connectivity index (χ4n) is 6.19. The second-order valence-electron chi connectivity index (χ2n) is 12.1. The Hall–Kier alpha value is -4.66. The van der Waals surface area contributed by atoms with E-state index in [1.165, 1.54) is 5.56 Å². The molecule has 5 rings (SSSR count). The van der Waals surface area contributed by atoms with Crippen molar-refractivity contribution in [3.05, 3.63) is 102 Å². The molecule has 0 aromatic heterocycles. The third kappa shape index (κ3) is 9.19. The van der Waals surface area contributed by atoms with Gasteiger partial charge in [-0.1, -0.05) is 85.6 Å². The van der Waals surface area contributed by atoms with Crippen LogP contribution in [0, 0.1) is 0 Å². The minimum Gasteiger partial charge on any atom is -0.493 e. The largest absolute Gasteiger partial charge is 0.493 e. The third-order valence-electron chi connectivity index (χ3n) is 8.76. The number of rotatable bonds is 4. The lowest BCUT2D eigenvalue weighted by Crippen LogP contribution is -2.54. The first-order chi connectivity index (χ1) is 22.5. The number of carbonyl (C=O) groups excluding carboxylic acids is 4. The average molecular weight is 625 g/mol. The summed E-state index contributed by atoms with van der Waals surface area (Å²) in [7, 11) is 0. The zero-order valence-corrected chi connectivity index (χ0v) is 26.3. The maximum atomic E-state index is 14.0. The van der Waals surface area contributed by atoms with E-state index >= 15 is 0 Å². The number of fused-ring (bicyclic) bond motifs is 1. The highest BCUT2D eigenvalue weighted by atomic mass is 16.5. The van der Waals surface area contributed by atoms with Crippen molar-refractivity contribution in [3.63, 3.8) is 0 Å². The number of benzene rings is 3. The van der Waals surface area contributed by atoms with Gasteiger partial charge in [0.1, 0.15) is 17.8 Å². The molecular formula is C37H44N4O5. The van der Waals surface area contributed by atoms with E-state index in [1.54, 1.807) is 29.2 Å². The number of para-hydroxylation sites is 1. The van der Waals surface area contributed by atoms with Gasteiger partial charge in [0.15, 0.2) is 0 Å². The van der Waals surface area contributed by atoms with E-state index in [1.807, 2.05) is 48.5 Å². The average Bonchev–Trinajstić information content (AvgIpc) is 3.09. The number of piperidine rings is 1. The normalized spacial score (nSPS) is 21.0. The van der Waals surface area contributed by atoms with Crippen LogP contribution in [0.3, 0.4) is 0 Å². The summed E-state index contributed by atoms with van der Waals surface area (Å²) >= 11 is 0. The first-order valence-corrected chi connectivity index (χ1v) is 16.5. The molecule has 9 heteroatoms. The van der Waals surface area contributed by atoms with Crippen LogP contribution in [0.2, 0.25) is 0 Å². The Balaban J connectivity index is 1.36. The van der Waals surface area contributed by atoms with Gasteiger partial charge in [-0.15, -0.1) is 0 Å². The zero-order chi connectivity index (χ0) is 32.1. The second kappa shape index (κ2) is 16.6. The number of ether oxygens (including phenoxy) is 1. The Labute approximate surface area is 271 Å². The minimum absolute atomic E-state index is 0.273. The van der Waals surface area contributed by atoms with Crippen LogP contribution in [0.4, 0.5) is 0 Å². The topological polar surface area (TPSA) is 117 Å². The molecule has 3 aromatic rings. The molecule has 3 N–H and O–H groups in total. The SMILES string of the molecule is O=C1C[C@@H](C(=O)N2CCC(c3ccccc3)CC2)NC(=O)c2ccccc2OCCCCCCNC(=O)[C@H](Cc2ccccc2)N1. The molecule has 242 valence electrons. The lowest BCUT2D eigenvalue weighted by Gasteiger charge is -2.34. The van der Waals surface area contributed by atoms with Gasteiger partial charge in [-0.3, -0.25) is 19.2 Å². The van der Waals surface area contributed by atoms with Gasteiger partial charge in [0.05, 0.1) is 18.6 Å².